The molecule has 1 unspecified atom stereocenters. The van der Waals surface area contributed by atoms with Gasteiger partial charge >= 0.3 is 0 Å². The van der Waals surface area contributed by atoms with Crippen molar-refractivity contribution < 1.29 is 13.9 Å². The Balaban J connectivity index is 2.08. The predicted octanol–water partition coefficient (Wildman–Crippen LogP) is 2.30. The summed E-state index contributed by atoms with van der Waals surface area (Å²) < 4.78 is 23.9. The Morgan fingerprint density at radius 3 is 3.00 bits per heavy atom. The van der Waals surface area contributed by atoms with Gasteiger partial charge in [0.2, 0.25) is 0 Å². The van der Waals surface area contributed by atoms with Crippen LogP contribution < -0.4 is 4.74 Å². The van der Waals surface area contributed by atoms with Crippen molar-refractivity contribution in [2.24, 2.45) is 0 Å². The average molecular weight is 196 g/mol. The molecule has 1 aromatic rings. The van der Waals surface area contributed by atoms with Gasteiger partial charge in [0.25, 0.3) is 0 Å². The fraction of sp³-hybridized carbons (Fsp3) is 0.455. The van der Waals surface area contributed by atoms with Crippen LogP contribution in [0.1, 0.15) is 12.0 Å². The topological polar surface area (TPSA) is 18.5 Å². The standard InChI is InChI=1S/C11H13FO2/c1-8-2-3-11(10(12)6-8)14-9-4-5-13-7-9/h2-3,6,9H,4-5,7H2,1H3. The number of ether oxygens (including phenoxy) is 2. The minimum absolute atomic E-state index is 0.00667. The van der Waals surface area contributed by atoms with Crippen molar-refractivity contribution in [1.82, 2.24) is 0 Å². The summed E-state index contributed by atoms with van der Waals surface area (Å²) >= 11 is 0. The minimum atomic E-state index is -0.295. The van der Waals surface area contributed by atoms with Crippen molar-refractivity contribution in [3.63, 3.8) is 0 Å². The summed E-state index contributed by atoms with van der Waals surface area (Å²) in [7, 11) is 0. The van der Waals surface area contributed by atoms with Gasteiger partial charge in [0, 0.05) is 6.42 Å². The van der Waals surface area contributed by atoms with E-state index in [4.69, 9.17) is 9.47 Å². The van der Waals surface area contributed by atoms with Crippen molar-refractivity contribution in [1.29, 1.82) is 0 Å². The molecule has 14 heavy (non-hydrogen) atoms. The van der Waals surface area contributed by atoms with E-state index in [1.54, 1.807) is 6.07 Å². The summed E-state index contributed by atoms with van der Waals surface area (Å²) in [6.07, 6.45) is 0.847. The van der Waals surface area contributed by atoms with E-state index < -0.39 is 0 Å². The quantitative estimate of drug-likeness (QED) is 0.722. The monoisotopic (exact) mass is 196 g/mol. The van der Waals surface area contributed by atoms with Crippen molar-refractivity contribution in [3.8, 4) is 5.75 Å². The van der Waals surface area contributed by atoms with Crippen LogP contribution in [0, 0.1) is 12.7 Å². The minimum Gasteiger partial charge on any atom is -0.485 e. The molecule has 1 heterocycles. The van der Waals surface area contributed by atoms with Crippen LogP contribution in [0.4, 0.5) is 4.39 Å². The molecule has 0 saturated carbocycles. The van der Waals surface area contributed by atoms with E-state index >= 15 is 0 Å². The van der Waals surface area contributed by atoms with Crippen LogP contribution in [0.3, 0.4) is 0 Å². The highest BCUT2D eigenvalue weighted by molar-refractivity contribution is 5.28. The summed E-state index contributed by atoms with van der Waals surface area (Å²) in [6, 6.07) is 4.99. The highest BCUT2D eigenvalue weighted by Gasteiger charge is 2.18. The molecule has 76 valence electrons. The van der Waals surface area contributed by atoms with E-state index in [1.165, 1.54) is 6.07 Å². The molecule has 0 N–H and O–H groups in total. The first-order valence-electron chi connectivity index (χ1n) is 4.76. The Labute approximate surface area is 82.6 Å². The first kappa shape index (κ1) is 9.46. The van der Waals surface area contributed by atoms with E-state index in [-0.39, 0.29) is 11.9 Å². The Morgan fingerprint density at radius 1 is 1.50 bits per heavy atom. The maximum absolute atomic E-state index is 13.3. The van der Waals surface area contributed by atoms with E-state index in [0.717, 1.165) is 12.0 Å². The van der Waals surface area contributed by atoms with Crippen molar-refractivity contribution >= 4 is 0 Å². The molecule has 2 nitrogen and oxygen atoms in total. The van der Waals surface area contributed by atoms with Gasteiger partial charge in [-0.3, -0.25) is 0 Å². The fourth-order valence-electron chi connectivity index (χ4n) is 1.49. The maximum atomic E-state index is 13.3. The first-order valence-corrected chi connectivity index (χ1v) is 4.76. The molecule has 1 fully saturated rings. The molecule has 0 aromatic heterocycles. The highest BCUT2D eigenvalue weighted by Crippen LogP contribution is 2.21. The van der Waals surface area contributed by atoms with E-state index in [2.05, 4.69) is 0 Å². The second-order valence-electron chi connectivity index (χ2n) is 3.54. The molecule has 1 saturated heterocycles. The third kappa shape index (κ3) is 2.04. The lowest BCUT2D eigenvalue weighted by Crippen LogP contribution is -2.16. The van der Waals surface area contributed by atoms with Gasteiger partial charge in [-0.05, 0) is 24.6 Å². The largest absolute Gasteiger partial charge is 0.485 e. The number of hydrogen-bond acceptors (Lipinski definition) is 2. The lowest BCUT2D eigenvalue weighted by Gasteiger charge is -2.12. The van der Waals surface area contributed by atoms with Crippen molar-refractivity contribution in [2.45, 2.75) is 19.4 Å². The number of hydrogen-bond donors (Lipinski definition) is 0. The van der Waals surface area contributed by atoms with Crippen LogP contribution in [0.25, 0.3) is 0 Å². The lowest BCUT2D eigenvalue weighted by molar-refractivity contribution is 0.138. The molecule has 1 aromatic carbocycles. The lowest BCUT2D eigenvalue weighted by atomic mass is 10.2. The van der Waals surface area contributed by atoms with Gasteiger partial charge in [-0.25, -0.2) is 4.39 Å². The van der Waals surface area contributed by atoms with Crippen molar-refractivity contribution in [2.75, 3.05) is 13.2 Å². The third-order valence-corrected chi connectivity index (χ3v) is 2.27. The molecule has 0 aliphatic carbocycles. The highest BCUT2D eigenvalue weighted by atomic mass is 19.1. The predicted molar refractivity (Wildman–Crippen MR) is 51.0 cm³/mol. The molecule has 0 radical (unpaired) electrons. The average Bonchev–Trinajstić information content (AvgIpc) is 2.62. The van der Waals surface area contributed by atoms with Gasteiger partial charge in [-0.2, -0.15) is 0 Å². The van der Waals surface area contributed by atoms with Crippen LogP contribution in [-0.4, -0.2) is 19.3 Å². The smallest absolute Gasteiger partial charge is 0.165 e. The van der Waals surface area contributed by atoms with E-state index in [9.17, 15) is 4.39 Å². The zero-order chi connectivity index (χ0) is 9.97. The third-order valence-electron chi connectivity index (χ3n) is 2.27. The van der Waals surface area contributed by atoms with Crippen LogP contribution >= 0.6 is 0 Å². The number of aryl methyl sites for hydroxylation is 1. The Kier molecular flexibility index (Phi) is 2.68. The summed E-state index contributed by atoms with van der Waals surface area (Å²) in [5.74, 6) is 0.0306. The molecule has 0 bridgehead atoms. The van der Waals surface area contributed by atoms with Gasteiger partial charge in [0.05, 0.1) is 13.2 Å². The zero-order valence-corrected chi connectivity index (χ0v) is 8.13. The summed E-state index contributed by atoms with van der Waals surface area (Å²) in [6.45, 7) is 3.12. The molecule has 0 spiro atoms. The van der Waals surface area contributed by atoms with Gasteiger partial charge in [0.15, 0.2) is 11.6 Å². The Bertz CT molecular complexity index is 319. The Hall–Kier alpha value is -1.09. The number of rotatable bonds is 2. The van der Waals surface area contributed by atoms with E-state index in [1.807, 2.05) is 13.0 Å². The molecule has 1 atom stereocenters. The van der Waals surface area contributed by atoms with Crippen LogP contribution in [0.5, 0.6) is 5.75 Å². The van der Waals surface area contributed by atoms with Gasteiger partial charge in [-0.1, -0.05) is 6.07 Å². The first-order chi connectivity index (χ1) is 6.75. The maximum Gasteiger partial charge on any atom is 0.165 e. The fourth-order valence-corrected chi connectivity index (χ4v) is 1.49. The normalized spacial score (nSPS) is 21.1. The van der Waals surface area contributed by atoms with Crippen LogP contribution in [0.2, 0.25) is 0 Å². The summed E-state index contributed by atoms with van der Waals surface area (Å²) in [4.78, 5) is 0. The van der Waals surface area contributed by atoms with Gasteiger partial charge in [0.1, 0.15) is 6.10 Å². The summed E-state index contributed by atoms with van der Waals surface area (Å²) in [5, 5.41) is 0. The molecule has 2 rings (SSSR count). The number of halogens is 1. The molecule has 3 heteroatoms. The van der Waals surface area contributed by atoms with Crippen LogP contribution in [0.15, 0.2) is 18.2 Å². The molecule has 1 aliphatic rings. The number of benzene rings is 1. The second-order valence-corrected chi connectivity index (χ2v) is 3.54. The van der Waals surface area contributed by atoms with Crippen LogP contribution in [-0.2, 0) is 4.74 Å². The molecular formula is C11H13FO2. The zero-order valence-electron chi connectivity index (χ0n) is 8.13. The van der Waals surface area contributed by atoms with Gasteiger partial charge in [-0.15, -0.1) is 0 Å². The molecular weight excluding hydrogens is 183 g/mol. The molecule has 0 amide bonds. The van der Waals surface area contributed by atoms with Gasteiger partial charge < -0.3 is 9.47 Å². The molecule has 1 aliphatic heterocycles. The second kappa shape index (κ2) is 3.96. The summed E-state index contributed by atoms with van der Waals surface area (Å²) in [5.41, 5.74) is 0.900. The SMILES string of the molecule is Cc1ccc(OC2CCOC2)c(F)c1. The van der Waals surface area contributed by atoms with E-state index in [0.29, 0.717) is 19.0 Å². The van der Waals surface area contributed by atoms with Crippen molar-refractivity contribution in [3.05, 3.63) is 29.6 Å². The Morgan fingerprint density at radius 2 is 2.36 bits per heavy atom.